The first-order valence-corrected chi connectivity index (χ1v) is 10.3. The van der Waals surface area contributed by atoms with Crippen LogP contribution in [0.4, 0.5) is 0 Å². The van der Waals surface area contributed by atoms with E-state index in [1.807, 2.05) is 12.1 Å². The predicted octanol–water partition coefficient (Wildman–Crippen LogP) is 4.22. The number of rotatable bonds is 5. The van der Waals surface area contributed by atoms with Gasteiger partial charge < -0.3 is 9.15 Å². The lowest BCUT2D eigenvalue weighted by Crippen LogP contribution is -2.36. The van der Waals surface area contributed by atoms with Crippen LogP contribution < -0.4 is 4.72 Å². The van der Waals surface area contributed by atoms with E-state index in [1.165, 1.54) is 18.4 Å². The zero-order chi connectivity index (χ0) is 17.9. The lowest BCUT2D eigenvalue weighted by atomic mass is 9.89. The number of nitrogens with one attached hydrogen (secondary N) is 1. The molecule has 0 spiro atoms. The molecular weight excluding hydrogens is 385 g/mol. The monoisotopic (exact) mass is 403 g/mol. The summed E-state index contributed by atoms with van der Waals surface area (Å²) in [5.74, 6) is 0.0385. The standard InChI is InChI=1S/C17H19Cl2NO4S/c18-14-7-6-12(10-15(14)19)13-4-1-2-8-23-16(13)11-20-25(21,22)17-5-3-9-24-17/h3,5-7,9-10,13,16,20H,1-2,4,8,11H2/t13-,16+/m0/s1. The second-order valence-corrected chi connectivity index (χ2v) is 8.48. The Morgan fingerprint density at radius 1 is 1.16 bits per heavy atom. The third-order valence-electron chi connectivity index (χ3n) is 4.30. The Morgan fingerprint density at radius 2 is 2.00 bits per heavy atom. The molecule has 1 N–H and O–H groups in total. The molecule has 1 fully saturated rings. The van der Waals surface area contributed by atoms with Gasteiger partial charge in [-0.05, 0) is 42.7 Å². The quantitative estimate of drug-likeness (QED) is 0.811. The molecule has 0 radical (unpaired) electrons. The molecule has 8 heteroatoms. The lowest BCUT2D eigenvalue weighted by Gasteiger charge is -2.25. The number of ether oxygens (including phenoxy) is 1. The van der Waals surface area contributed by atoms with Crippen molar-refractivity contribution in [3.05, 3.63) is 52.2 Å². The molecule has 1 aromatic heterocycles. The minimum atomic E-state index is -3.69. The van der Waals surface area contributed by atoms with Gasteiger partial charge in [-0.15, -0.1) is 0 Å². The summed E-state index contributed by atoms with van der Waals surface area (Å²) in [7, 11) is -3.69. The first-order valence-electron chi connectivity index (χ1n) is 8.07. The highest BCUT2D eigenvalue weighted by Gasteiger charge is 2.28. The smallest absolute Gasteiger partial charge is 0.274 e. The number of hydrogen-bond donors (Lipinski definition) is 1. The maximum atomic E-state index is 12.3. The Bertz CT molecular complexity index is 808. The Morgan fingerprint density at radius 3 is 2.72 bits per heavy atom. The van der Waals surface area contributed by atoms with Gasteiger partial charge in [0.25, 0.3) is 10.0 Å². The largest absolute Gasteiger partial charge is 0.452 e. The molecular formula is C17H19Cl2NO4S. The van der Waals surface area contributed by atoms with Gasteiger partial charge in [0.1, 0.15) is 0 Å². The maximum absolute atomic E-state index is 12.3. The topological polar surface area (TPSA) is 68.5 Å². The molecule has 25 heavy (non-hydrogen) atoms. The van der Waals surface area contributed by atoms with Crippen LogP contribution in [-0.2, 0) is 14.8 Å². The fraction of sp³-hybridized carbons (Fsp3) is 0.412. The van der Waals surface area contributed by atoms with E-state index in [2.05, 4.69) is 4.72 Å². The van der Waals surface area contributed by atoms with Gasteiger partial charge in [-0.25, -0.2) is 13.1 Å². The molecule has 0 saturated carbocycles. The van der Waals surface area contributed by atoms with E-state index in [4.69, 9.17) is 32.4 Å². The first kappa shape index (κ1) is 18.7. The molecule has 2 atom stereocenters. The van der Waals surface area contributed by atoms with E-state index < -0.39 is 10.0 Å². The Kier molecular flexibility index (Phi) is 6.07. The number of hydrogen-bond acceptors (Lipinski definition) is 4. The fourth-order valence-corrected chi connectivity index (χ4v) is 4.28. The van der Waals surface area contributed by atoms with Crippen LogP contribution in [0.3, 0.4) is 0 Å². The molecule has 136 valence electrons. The molecule has 1 aromatic carbocycles. The molecule has 5 nitrogen and oxygen atoms in total. The third kappa shape index (κ3) is 4.57. The van der Waals surface area contributed by atoms with Gasteiger partial charge in [-0.2, -0.15) is 0 Å². The van der Waals surface area contributed by atoms with Crippen LogP contribution in [0, 0.1) is 0 Å². The molecule has 0 aliphatic carbocycles. The van der Waals surface area contributed by atoms with E-state index in [1.54, 1.807) is 6.07 Å². The van der Waals surface area contributed by atoms with E-state index in [9.17, 15) is 8.42 Å². The molecule has 0 unspecified atom stereocenters. The molecule has 1 aliphatic rings. The van der Waals surface area contributed by atoms with Crippen molar-refractivity contribution in [2.75, 3.05) is 13.2 Å². The Labute approximate surface area is 157 Å². The normalized spacial score (nSPS) is 21.8. The van der Waals surface area contributed by atoms with Crippen LogP contribution in [0.15, 0.2) is 46.1 Å². The van der Waals surface area contributed by atoms with Crippen LogP contribution in [0.2, 0.25) is 10.0 Å². The second-order valence-electron chi connectivity index (χ2n) is 5.97. The van der Waals surface area contributed by atoms with E-state index in [0.29, 0.717) is 16.7 Å². The molecule has 3 rings (SSSR count). The average molecular weight is 404 g/mol. The molecule has 1 saturated heterocycles. The van der Waals surface area contributed by atoms with Crippen molar-refractivity contribution in [1.29, 1.82) is 0 Å². The summed E-state index contributed by atoms with van der Waals surface area (Å²) in [6.07, 6.45) is 3.89. The van der Waals surface area contributed by atoms with Crippen LogP contribution in [-0.4, -0.2) is 27.7 Å². The maximum Gasteiger partial charge on any atom is 0.274 e. The van der Waals surface area contributed by atoms with Gasteiger partial charge in [-0.3, -0.25) is 0 Å². The molecule has 0 bridgehead atoms. The van der Waals surface area contributed by atoms with Crippen molar-refractivity contribution in [1.82, 2.24) is 4.72 Å². The van der Waals surface area contributed by atoms with Crippen LogP contribution in [0.1, 0.15) is 30.7 Å². The van der Waals surface area contributed by atoms with Gasteiger partial charge in [-0.1, -0.05) is 35.7 Å². The summed E-state index contributed by atoms with van der Waals surface area (Å²) in [5, 5.41) is 0.876. The zero-order valence-electron chi connectivity index (χ0n) is 13.5. The SMILES string of the molecule is O=S(=O)(NC[C@H]1OCCCC[C@H]1c1ccc(Cl)c(Cl)c1)c1ccco1. The van der Waals surface area contributed by atoms with E-state index >= 15 is 0 Å². The van der Waals surface area contributed by atoms with Gasteiger partial charge >= 0.3 is 0 Å². The van der Waals surface area contributed by atoms with Gasteiger partial charge in [0.05, 0.1) is 22.4 Å². The average Bonchev–Trinajstić information content (AvgIpc) is 3.03. The second kappa shape index (κ2) is 8.10. The number of benzene rings is 1. The van der Waals surface area contributed by atoms with Crippen molar-refractivity contribution < 1.29 is 17.6 Å². The number of halogens is 2. The molecule has 2 heterocycles. The first-order chi connectivity index (χ1) is 12.0. The minimum Gasteiger partial charge on any atom is -0.452 e. The molecule has 0 amide bonds. The Balaban J connectivity index is 1.77. The van der Waals surface area contributed by atoms with Gasteiger partial charge in [0.15, 0.2) is 0 Å². The molecule has 1 aliphatic heterocycles. The van der Waals surface area contributed by atoms with Crippen molar-refractivity contribution in [2.24, 2.45) is 0 Å². The van der Waals surface area contributed by atoms with Crippen molar-refractivity contribution >= 4 is 33.2 Å². The highest BCUT2D eigenvalue weighted by atomic mass is 35.5. The van der Waals surface area contributed by atoms with Gasteiger partial charge in [0, 0.05) is 19.1 Å². The number of furan rings is 1. The van der Waals surface area contributed by atoms with Gasteiger partial charge in [0.2, 0.25) is 5.09 Å². The lowest BCUT2D eigenvalue weighted by molar-refractivity contribution is 0.0497. The van der Waals surface area contributed by atoms with Crippen molar-refractivity contribution in [3.63, 3.8) is 0 Å². The fourth-order valence-electron chi connectivity index (χ4n) is 3.01. The highest BCUT2D eigenvalue weighted by Crippen LogP contribution is 2.34. The predicted molar refractivity (Wildman–Crippen MR) is 96.7 cm³/mol. The highest BCUT2D eigenvalue weighted by molar-refractivity contribution is 7.89. The number of sulfonamides is 1. The van der Waals surface area contributed by atoms with E-state index in [0.717, 1.165) is 24.8 Å². The van der Waals surface area contributed by atoms with E-state index in [-0.39, 0.29) is 23.7 Å². The Hall–Kier alpha value is -1.05. The summed E-state index contributed by atoms with van der Waals surface area (Å²) >= 11 is 12.1. The van der Waals surface area contributed by atoms with Crippen molar-refractivity contribution in [3.8, 4) is 0 Å². The summed E-state index contributed by atoms with van der Waals surface area (Å²) in [6, 6.07) is 8.45. The van der Waals surface area contributed by atoms with Crippen molar-refractivity contribution in [2.45, 2.75) is 36.4 Å². The third-order valence-corrected chi connectivity index (χ3v) is 6.34. The summed E-state index contributed by atoms with van der Waals surface area (Å²) in [6.45, 7) is 0.763. The summed E-state index contributed by atoms with van der Waals surface area (Å²) in [4.78, 5) is 0. The minimum absolute atomic E-state index is 0.0385. The summed E-state index contributed by atoms with van der Waals surface area (Å²) in [5.41, 5.74) is 0.999. The zero-order valence-corrected chi connectivity index (χ0v) is 15.8. The van der Waals surface area contributed by atoms with Crippen LogP contribution >= 0.6 is 23.2 Å². The van der Waals surface area contributed by atoms with Crippen LogP contribution in [0.25, 0.3) is 0 Å². The summed E-state index contributed by atoms with van der Waals surface area (Å²) < 4.78 is 38.0. The van der Waals surface area contributed by atoms with Crippen LogP contribution in [0.5, 0.6) is 0 Å². The molecule has 2 aromatic rings.